The zero-order valence-corrected chi connectivity index (χ0v) is 9.56. The van der Waals surface area contributed by atoms with Gasteiger partial charge in [0.1, 0.15) is 0 Å². The molecule has 1 aromatic carbocycles. The molecule has 0 aliphatic heterocycles. The fourth-order valence-corrected chi connectivity index (χ4v) is 2.25. The van der Waals surface area contributed by atoms with Gasteiger partial charge in [0.05, 0.1) is 0 Å². The van der Waals surface area contributed by atoms with Gasteiger partial charge in [0, 0.05) is 0 Å². The molecule has 0 amide bonds. The SMILES string of the molecule is CC(O[Se]Cc1ccccc1)C(=O)O. The molecular weight excluding hydrogens is 247 g/mol. The normalized spacial score (nSPS) is 12.4. The Morgan fingerprint density at radius 1 is 1.50 bits per heavy atom. The summed E-state index contributed by atoms with van der Waals surface area (Å²) in [5.74, 6) is -0.903. The molecule has 4 heteroatoms. The van der Waals surface area contributed by atoms with Gasteiger partial charge in [0.15, 0.2) is 0 Å². The van der Waals surface area contributed by atoms with Crippen molar-refractivity contribution < 1.29 is 13.7 Å². The van der Waals surface area contributed by atoms with Crippen LogP contribution in [0.4, 0.5) is 0 Å². The number of carboxylic acid groups (broad SMARTS) is 1. The molecule has 0 bridgehead atoms. The van der Waals surface area contributed by atoms with Gasteiger partial charge in [-0.25, -0.2) is 0 Å². The van der Waals surface area contributed by atoms with Crippen LogP contribution in [-0.2, 0) is 13.9 Å². The molecule has 76 valence electrons. The Kier molecular flexibility index (Phi) is 4.66. The Balaban J connectivity index is 2.26. The summed E-state index contributed by atoms with van der Waals surface area (Å²) >= 11 is -0.0981. The average molecular weight is 259 g/mol. The number of benzene rings is 1. The van der Waals surface area contributed by atoms with E-state index in [1.54, 1.807) is 6.92 Å². The minimum absolute atomic E-state index is 0.0981. The van der Waals surface area contributed by atoms with Crippen molar-refractivity contribution in [3.8, 4) is 0 Å². The van der Waals surface area contributed by atoms with Crippen molar-refractivity contribution in [3.05, 3.63) is 35.9 Å². The molecule has 0 aromatic heterocycles. The maximum absolute atomic E-state index is 10.4. The molecule has 0 saturated carbocycles. The van der Waals surface area contributed by atoms with E-state index in [4.69, 9.17) is 8.93 Å². The van der Waals surface area contributed by atoms with Crippen LogP contribution in [0.5, 0.6) is 0 Å². The van der Waals surface area contributed by atoms with Crippen LogP contribution in [0.1, 0.15) is 12.5 Å². The maximum atomic E-state index is 10.4. The third kappa shape index (κ3) is 3.92. The van der Waals surface area contributed by atoms with Gasteiger partial charge < -0.3 is 0 Å². The molecular formula is C10H12O3Se. The van der Waals surface area contributed by atoms with Crippen LogP contribution in [0, 0.1) is 0 Å². The molecule has 14 heavy (non-hydrogen) atoms. The van der Waals surface area contributed by atoms with Crippen molar-refractivity contribution in [2.45, 2.75) is 18.3 Å². The Bertz CT molecular complexity index is 287. The van der Waals surface area contributed by atoms with Crippen molar-refractivity contribution in [1.29, 1.82) is 0 Å². The molecule has 3 nitrogen and oxygen atoms in total. The van der Waals surface area contributed by atoms with Crippen molar-refractivity contribution in [2.75, 3.05) is 0 Å². The monoisotopic (exact) mass is 260 g/mol. The molecule has 0 fully saturated rings. The third-order valence-corrected chi connectivity index (χ3v) is 3.47. The van der Waals surface area contributed by atoms with Crippen LogP contribution in [0.3, 0.4) is 0 Å². The van der Waals surface area contributed by atoms with E-state index in [1.165, 1.54) is 5.56 Å². The van der Waals surface area contributed by atoms with Gasteiger partial charge in [-0.05, 0) is 0 Å². The van der Waals surface area contributed by atoms with Gasteiger partial charge in [-0.2, -0.15) is 0 Å². The molecule has 1 atom stereocenters. The third-order valence-electron chi connectivity index (χ3n) is 1.63. The summed E-state index contributed by atoms with van der Waals surface area (Å²) in [5, 5.41) is 9.38. The van der Waals surface area contributed by atoms with E-state index in [0.29, 0.717) is 0 Å². The fraction of sp³-hybridized carbons (Fsp3) is 0.300. The number of hydrogen-bond donors (Lipinski definition) is 1. The molecule has 0 spiro atoms. The fourth-order valence-electron chi connectivity index (χ4n) is 0.820. The van der Waals surface area contributed by atoms with Gasteiger partial charge in [0.2, 0.25) is 0 Å². The molecule has 0 heterocycles. The summed E-state index contributed by atoms with van der Waals surface area (Å²) in [7, 11) is 0. The predicted molar refractivity (Wildman–Crippen MR) is 54.1 cm³/mol. The summed E-state index contributed by atoms with van der Waals surface area (Å²) in [6.45, 7) is 1.55. The van der Waals surface area contributed by atoms with Gasteiger partial charge in [-0.1, -0.05) is 0 Å². The van der Waals surface area contributed by atoms with E-state index in [2.05, 4.69) is 0 Å². The van der Waals surface area contributed by atoms with Crippen LogP contribution in [-0.4, -0.2) is 32.5 Å². The number of hydrogen-bond acceptors (Lipinski definition) is 2. The van der Waals surface area contributed by atoms with Crippen LogP contribution >= 0.6 is 0 Å². The molecule has 0 aliphatic carbocycles. The number of carbonyl (C=O) groups is 1. The first-order valence-electron chi connectivity index (χ1n) is 4.25. The Morgan fingerprint density at radius 2 is 2.14 bits per heavy atom. The summed E-state index contributed by atoms with van der Waals surface area (Å²) in [6, 6.07) is 9.91. The Hall–Kier alpha value is -0.831. The second-order valence-corrected chi connectivity index (χ2v) is 4.33. The van der Waals surface area contributed by atoms with Gasteiger partial charge in [0.25, 0.3) is 0 Å². The van der Waals surface area contributed by atoms with E-state index in [-0.39, 0.29) is 15.3 Å². The zero-order chi connectivity index (χ0) is 10.4. The summed E-state index contributed by atoms with van der Waals surface area (Å²) in [5.41, 5.74) is 1.19. The minimum atomic E-state index is -0.903. The van der Waals surface area contributed by atoms with E-state index < -0.39 is 12.1 Å². The van der Waals surface area contributed by atoms with E-state index in [0.717, 1.165) is 5.32 Å². The second kappa shape index (κ2) is 5.81. The van der Waals surface area contributed by atoms with Crippen LogP contribution in [0.2, 0.25) is 0 Å². The summed E-state index contributed by atoms with van der Waals surface area (Å²) in [4.78, 5) is 10.4. The second-order valence-electron chi connectivity index (χ2n) is 2.82. The van der Waals surface area contributed by atoms with Gasteiger partial charge in [-0.3, -0.25) is 0 Å². The van der Waals surface area contributed by atoms with E-state index in [9.17, 15) is 4.79 Å². The van der Waals surface area contributed by atoms with Gasteiger partial charge >= 0.3 is 89.2 Å². The summed E-state index contributed by atoms with van der Waals surface area (Å²) < 4.78 is 5.17. The van der Waals surface area contributed by atoms with Crippen molar-refractivity contribution in [3.63, 3.8) is 0 Å². The number of rotatable bonds is 5. The van der Waals surface area contributed by atoms with E-state index >= 15 is 0 Å². The van der Waals surface area contributed by atoms with Crippen LogP contribution < -0.4 is 0 Å². The first-order valence-corrected chi connectivity index (χ1v) is 6.16. The number of aliphatic carboxylic acids is 1. The summed E-state index contributed by atoms with van der Waals surface area (Å²) in [6.07, 6.45) is -0.696. The average Bonchev–Trinajstić information content (AvgIpc) is 2.19. The molecule has 1 unspecified atom stereocenters. The van der Waals surface area contributed by atoms with Crippen molar-refractivity contribution in [2.24, 2.45) is 0 Å². The zero-order valence-electron chi connectivity index (χ0n) is 7.84. The molecule has 0 aliphatic rings. The quantitative estimate of drug-likeness (QED) is 0.811. The molecule has 1 aromatic rings. The first kappa shape index (κ1) is 11.2. The van der Waals surface area contributed by atoms with Crippen molar-refractivity contribution in [1.82, 2.24) is 0 Å². The number of carboxylic acids is 1. The van der Waals surface area contributed by atoms with Gasteiger partial charge in [-0.15, -0.1) is 0 Å². The molecule has 1 rings (SSSR count). The van der Waals surface area contributed by atoms with Crippen LogP contribution in [0.25, 0.3) is 0 Å². The predicted octanol–water partition coefficient (Wildman–Crippen LogP) is 1.30. The van der Waals surface area contributed by atoms with E-state index in [1.807, 2.05) is 30.3 Å². The molecule has 0 saturated heterocycles. The molecule has 0 radical (unpaired) electrons. The topological polar surface area (TPSA) is 46.5 Å². The Morgan fingerprint density at radius 3 is 2.71 bits per heavy atom. The van der Waals surface area contributed by atoms with Crippen LogP contribution in [0.15, 0.2) is 30.3 Å². The Labute approximate surface area is 89.6 Å². The molecule has 1 N–H and O–H groups in total. The standard InChI is InChI=1S/C10H12O3Se/c1-8(10(11)12)13-14-7-9-5-3-2-4-6-9/h2-6,8H,7H2,1H3,(H,11,12). The van der Waals surface area contributed by atoms with Crippen molar-refractivity contribution >= 4 is 21.3 Å². The first-order chi connectivity index (χ1) is 6.70.